The van der Waals surface area contributed by atoms with E-state index in [1.165, 1.54) is 19.3 Å². The van der Waals surface area contributed by atoms with Crippen LogP contribution in [0.1, 0.15) is 43.8 Å². The summed E-state index contributed by atoms with van der Waals surface area (Å²) >= 11 is 1.07. The first kappa shape index (κ1) is 11.4. The maximum Gasteiger partial charge on any atom is 0.314 e. The van der Waals surface area contributed by atoms with Crippen molar-refractivity contribution in [3.05, 3.63) is 5.82 Å². The smallest absolute Gasteiger partial charge is 0.314 e. The third-order valence-electron chi connectivity index (χ3n) is 2.71. The molecule has 0 bridgehead atoms. The third-order valence-corrected chi connectivity index (χ3v) is 3.52. The predicted molar refractivity (Wildman–Crippen MR) is 58.5 cm³/mol. The van der Waals surface area contributed by atoms with Gasteiger partial charge in [0.2, 0.25) is 0 Å². The number of hydrogen-bond donors (Lipinski definition) is 1. The van der Waals surface area contributed by atoms with E-state index < -0.39 is 5.97 Å². The highest BCUT2D eigenvalue weighted by Crippen LogP contribution is 2.31. The molecule has 0 unspecified atom stereocenters. The standard InChI is InChI=1S/C10H14N2O3S/c13-8(14)6-16-10-11-9(12-15-10)7-4-2-1-3-5-7/h7H,1-6H2,(H,13,14). The van der Waals surface area contributed by atoms with Crippen molar-refractivity contribution in [2.75, 3.05) is 5.75 Å². The van der Waals surface area contributed by atoms with Crippen molar-refractivity contribution in [1.29, 1.82) is 0 Å². The largest absolute Gasteiger partial charge is 0.481 e. The van der Waals surface area contributed by atoms with Crippen LogP contribution in [0.2, 0.25) is 0 Å². The van der Waals surface area contributed by atoms with Crippen molar-refractivity contribution in [3.8, 4) is 0 Å². The van der Waals surface area contributed by atoms with Crippen LogP contribution in [0.5, 0.6) is 0 Å². The van der Waals surface area contributed by atoms with Crippen molar-refractivity contribution < 1.29 is 14.4 Å². The molecule has 0 spiro atoms. The van der Waals surface area contributed by atoms with E-state index in [2.05, 4.69) is 10.1 Å². The molecule has 1 aromatic rings. The van der Waals surface area contributed by atoms with Gasteiger partial charge in [0.05, 0.1) is 0 Å². The lowest BCUT2D eigenvalue weighted by Gasteiger charge is -2.17. The number of aromatic nitrogens is 2. The number of thioether (sulfide) groups is 1. The van der Waals surface area contributed by atoms with Gasteiger partial charge in [0.25, 0.3) is 5.22 Å². The minimum Gasteiger partial charge on any atom is -0.481 e. The Bertz CT molecular complexity index is 361. The van der Waals surface area contributed by atoms with Gasteiger partial charge in [0.1, 0.15) is 5.75 Å². The molecule has 88 valence electrons. The molecule has 0 saturated heterocycles. The molecule has 0 atom stereocenters. The molecule has 2 rings (SSSR count). The fourth-order valence-electron chi connectivity index (χ4n) is 1.93. The first-order valence-corrected chi connectivity index (χ1v) is 6.42. The molecule has 1 N–H and O–H groups in total. The second-order valence-electron chi connectivity index (χ2n) is 3.94. The van der Waals surface area contributed by atoms with E-state index in [1.54, 1.807) is 0 Å². The maximum absolute atomic E-state index is 10.4. The van der Waals surface area contributed by atoms with Gasteiger partial charge in [-0.3, -0.25) is 4.79 Å². The molecule has 1 aliphatic carbocycles. The number of aliphatic carboxylic acids is 1. The maximum atomic E-state index is 10.4. The fraction of sp³-hybridized carbons (Fsp3) is 0.700. The Morgan fingerprint density at radius 3 is 2.88 bits per heavy atom. The minimum atomic E-state index is -0.873. The topological polar surface area (TPSA) is 76.2 Å². The van der Waals surface area contributed by atoms with Crippen LogP contribution in [-0.4, -0.2) is 27.0 Å². The van der Waals surface area contributed by atoms with E-state index in [-0.39, 0.29) is 5.75 Å². The zero-order chi connectivity index (χ0) is 11.4. The van der Waals surface area contributed by atoms with Gasteiger partial charge >= 0.3 is 5.97 Å². The van der Waals surface area contributed by atoms with Gasteiger partial charge in [-0.05, 0) is 12.8 Å². The molecule has 5 nitrogen and oxygen atoms in total. The van der Waals surface area contributed by atoms with Crippen LogP contribution in [0.4, 0.5) is 0 Å². The molecule has 1 fully saturated rings. The third kappa shape index (κ3) is 2.98. The lowest BCUT2D eigenvalue weighted by Crippen LogP contribution is -2.06. The highest BCUT2D eigenvalue weighted by atomic mass is 32.2. The molecule has 1 aliphatic rings. The van der Waals surface area contributed by atoms with Crippen molar-refractivity contribution in [2.24, 2.45) is 0 Å². The summed E-state index contributed by atoms with van der Waals surface area (Å²) in [5.74, 6) is 0.235. The average molecular weight is 242 g/mol. The number of rotatable bonds is 4. The van der Waals surface area contributed by atoms with E-state index in [0.717, 1.165) is 30.4 Å². The van der Waals surface area contributed by atoms with Crippen LogP contribution in [0.25, 0.3) is 0 Å². The summed E-state index contributed by atoms with van der Waals surface area (Å²) in [5, 5.41) is 12.8. The molecular formula is C10H14N2O3S. The van der Waals surface area contributed by atoms with Crippen LogP contribution in [0.15, 0.2) is 9.75 Å². The van der Waals surface area contributed by atoms with E-state index >= 15 is 0 Å². The Kier molecular flexibility index (Phi) is 3.82. The van der Waals surface area contributed by atoms with Gasteiger partial charge in [0, 0.05) is 5.92 Å². The summed E-state index contributed by atoms with van der Waals surface area (Å²) in [6, 6.07) is 0. The molecule has 0 radical (unpaired) electrons. The quantitative estimate of drug-likeness (QED) is 0.816. The van der Waals surface area contributed by atoms with Crippen molar-refractivity contribution >= 4 is 17.7 Å². The summed E-state index contributed by atoms with van der Waals surface area (Å²) in [7, 11) is 0. The van der Waals surface area contributed by atoms with Crippen LogP contribution in [0, 0.1) is 0 Å². The highest BCUT2D eigenvalue weighted by molar-refractivity contribution is 7.99. The highest BCUT2D eigenvalue weighted by Gasteiger charge is 2.21. The van der Waals surface area contributed by atoms with Crippen molar-refractivity contribution in [3.63, 3.8) is 0 Å². The number of hydrogen-bond acceptors (Lipinski definition) is 5. The van der Waals surface area contributed by atoms with Crippen LogP contribution >= 0.6 is 11.8 Å². The molecule has 0 aromatic carbocycles. The predicted octanol–water partition coefficient (Wildman–Crippen LogP) is 2.29. The monoisotopic (exact) mass is 242 g/mol. The summed E-state index contributed by atoms with van der Waals surface area (Å²) in [5.41, 5.74) is 0. The molecule has 16 heavy (non-hydrogen) atoms. The summed E-state index contributed by atoms with van der Waals surface area (Å²) in [4.78, 5) is 14.6. The average Bonchev–Trinajstić information content (AvgIpc) is 2.76. The first-order chi connectivity index (χ1) is 7.75. The van der Waals surface area contributed by atoms with Gasteiger partial charge in [0.15, 0.2) is 5.82 Å². The first-order valence-electron chi connectivity index (χ1n) is 5.44. The summed E-state index contributed by atoms with van der Waals surface area (Å²) in [6.07, 6.45) is 5.95. The van der Waals surface area contributed by atoms with Crippen LogP contribution < -0.4 is 0 Å². The van der Waals surface area contributed by atoms with E-state index in [1.807, 2.05) is 0 Å². The Balaban J connectivity index is 1.93. The van der Waals surface area contributed by atoms with Gasteiger partial charge in [-0.1, -0.05) is 36.2 Å². The number of nitrogens with zero attached hydrogens (tertiary/aromatic N) is 2. The summed E-state index contributed by atoms with van der Waals surface area (Å²) < 4.78 is 5.01. The van der Waals surface area contributed by atoms with Gasteiger partial charge < -0.3 is 9.63 Å². The Morgan fingerprint density at radius 1 is 1.44 bits per heavy atom. The van der Waals surface area contributed by atoms with Gasteiger partial charge in [-0.25, -0.2) is 0 Å². The molecule has 0 amide bonds. The second-order valence-corrected chi connectivity index (χ2v) is 4.86. The normalized spacial score (nSPS) is 17.5. The van der Waals surface area contributed by atoms with E-state index in [0.29, 0.717) is 11.1 Å². The van der Waals surface area contributed by atoms with Crippen molar-refractivity contribution in [2.45, 2.75) is 43.2 Å². The number of carbonyl (C=O) groups is 1. The van der Waals surface area contributed by atoms with E-state index in [4.69, 9.17) is 9.63 Å². The number of carboxylic acid groups (broad SMARTS) is 1. The molecule has 6 heteroatoms. The molecule has 1 aromatic heterocycles. The molecule has 0 aliphatic heterocycles. The Morgan fingerprint density at radius 2 is 2.19 bits per heavy atom. The second kappa shape index (κ2) is 5.34. The van der Waals surface area contributed by atoms with Crippen LogP contribution in [-0.2, 0) is 4.79 Å². The molecule has 1 heterocycles. The molecule has 1 saturated carbocycles. The Hall–Kier alpha value is -1.04. The van der Waals surface area contributed by atoms with E-state index in [9.17, 15) is 4.79 Å². The van der Waals surface area contributed by atoms with Gasteiger partial charge in [-0.2, -0.15) is 4.98 Å². The fourth-order valence-corrected chi connectivity index (χ4v) is 2.42. The van der Waals surface area contributed by atoms with Crippen LogP contribution in [0.3, 0.4) is 0 Å². The molecular weight excluding hydrogens is 228 g/mol. The minimum absolute atomic E-state index is 0.0354. The SMILES string of the molecule is O=C(O)CSc1nc(C2CCCCC2)no1. The zero-order valence-electron chi connectivity index (χ0n) is 8.89. The lowest BCUT2D eigenvalue weighted by molar-refractivity contribution is -0.133. The lowest BCUT2D eigenvalue weighted by atomic mass is 9.89. The number of carboxylic acids is 1. The summed E-state index contributed by atoms with van der Waals surface area (Å²) in [6.45, 7) is 0. The Labute approximate surface area is 97.6 Å². The zero-order valence-corrected chi connectivity index (χ0v) is 9.70. The van der Waals surface area contributed by atoms with Gasteiger partial charge in [-0.15, -0.1) is 0 Å². The van der Waals surface area contributed by atoms with Crippen molar-refractivity contribution in [1.82, 2.24) is 10.1 Å².